The molecule has 0 unspecified atom stereocenters. The van der Waals surface area contributed by atoms with Crippen LogP contribution in [0, 0.1) is 5.82 Å². The van der Waals surface area contributed by atoms with Crippen LogP contribution in [0.1, 0.15) is 49.7 Å². The third-order valence-electron chi connectivity index (χ3n) is 6.05. The smallest absolute Gasteiger partial charge is 0.276 e. The molecule has 2 aromatic carbocycles. The van der Waals surface area contributed by atoms with E-state index in [1.807, 2.05) is 4.90 Å². The van der Waals surface area contributed by atoms with E-state index >= 15 is 0 Å². The number of aromatic amines is 1. The number of piperidine rings is 1. The lowest BCUT2D eigenvalue weighted by Crippen LogP contribution is -2.41. The first-order valence-electron chi connectivity index (χ1n) is 11.9. The Balaban J connectivity index is 1.31. The van der Waals surface area contributed by atoms with Crippen LogP contribution >= 0.6 is 11.6 Å². The molecule has 1 aliphatic heterocycles. The quantitative estimate of drug-likeness (QED) is 0.363. The lowest BCUT2D eigenvalue weighted by atomic mass is 10.0. The summed E-state index contributed by atoms with van der Waals surface area (Å²) in [5, 5.41) is 5.47. The normalized spacial score (nSPS) is 15.8. The number of likely N-dealkylation sites (tertiary alicyclic amines) is 1. The molecule has 2 amide bonds. The molecule has 1 aromatic heterocycles. The predicted molar refractivity (Wildman–Crippen MR) is 135 cm³/mol. The topological polar surface area (TPSA) is 107 Å². The number of halogens is 3. The highest BCUT2D eigenvalue weighted by atomic mass is 35.5. The third kappa shape index (κ3) is 6.99. The standard InChI is InChI=1S/C26H26ClF2N5O3/c27-21-13-17(28)5-8-20(21)22(35)12-16-3-6-19(7-4-16)33-26(37)24-23(31-15-32-24)25(36)30-9-11-34-10-1-2-18(29)14-34/h3-8,13,15,18H,1-2,9-12,14H2,(H,30,36)(H,31,32)(H,33,37)/t18-/m0/s1. The number of amides is 2. The molecule has 0 bridgehead atoms. The minimum atomic E-state index is -0.838. The molecule has 11 heteroatoms. The van der Waals surface area contributed by atoms with Crippen LogP contribution in [-0.4, -0.2) is 64.8 Å². The molecule has 8 nitrogen and oxygen atoms in total. The second kappa shape index (κ2) is 12.1. The number of hydrogen-bond acceptors (Lipinski definition) is 5. The van der Waals surface area contributed by atoms with E-state index < -0.39 is 23.8 Å². The number of Topliss-reactive ketones (excluding diaryl/α,β-unsaturated/α-hetero) is 1. The lowest BCUT2D eigenvalue weighted by Gasteiger charge is -2.28. The van der Waals surface area contributed by atoms with E-state index in [4.69, 9.17) is 11.6 Å². The molecule has 0 saturated carbocycles. The molecule has 3 aromatic rings. The molecule has 0 spiro atoms. The summed E-state index contributed by atoms with van der Waals surface area (Å²) in [5.74, 6) is -1.85. The fourth-order valence-electron chi connectivity index (χ4n) is 4.15. The molecule has 4 rings (SSSR count). The number of benzene rings is 2. The van der Waals surface area contributed by atoms with E-state index in [1.165, 1.54) is 18.5 Å². The highest BCUT2D eigenvalue weighted by molar-refractivity contribution is 6.34. The molecule has 1 fully saturated rings. The molecule has 37 heavy (non-hydrogen) atoms. The van der Waals surface area contributed by atoms with Gasteiger partial charge in [-0.25, -0.2) is 13.8 Å². The molecular weight excluding hydrogens is 504 g/mol. The molecule has 194 valence electrons. The number of anilines is 1. The first kappa shape index (κ1) is 26.4. The highest BCUT2D eigenvalue weighted by Crippen LogP contribution is 2.20. The molecule has 3 N–H and O–H groups in total. The van der Waals surface area contributed by atoms with Crippen LogP contribution in [0.4, 0.5) is 14.5 Å². The minimum absolute atomic E-state index is 0.0258. The first-order valence-corrected chi connectivity index (χ1v) is 12.2. The summed E-state index contributed by atoms with van der Waals surface area (Å²) >= 11 is 5.96. The van der Waals surface area contributed by atoms with E-state index in [-0.39, 0.29) is 34.2 Å². The largest absolute Gasteiger partial charge is 0.349 e. The number of imidazole rings is 1. The average Bonchev–Trinajstić information content (AvgIpc) is 3.36. The third-order valence-corrected chi connectivity index (χ3v) is 6.36. The maximum absolute atomic E-state index is 13.5. The van der Waals surface area contributed by atoms with Gasteiger partial charge in [0.2, 0.25) is 0 Å². The van der Waals surface area contributed by atoms with Gasteiger partial charge in [-0.15, -0.1) is 0 Å². The molecule has 1 aliphatic rings. The van der Waals surface area contributed by atoms with Crippen LogP contribution in [0.5, 0.6) is 0 Å². The number of hydrogen-bond donors (Lipinski definition) is 3. The van der Waals surface area contributed by atoms with Crippen molar-refractivity contribution in [3.63, 3.8) is 0 Å². The number of H-pyrrole nitrogens is 1. The first-order chi connectivity index (χ1) is 17.8. The molecule has 2 heterocycles. The Labute approximate surface area is 217 Å². The Morgan fingerprint density at radius 3 is 2.65 bits per heavy atom. The number of nitrogens with one attached hydrogen (secondary N) is 3. The van der Waals surface area contributed by atoms with E-state index in [0.717, 1.165) is 19.0 Å². The van der Waals surface area contributed by atoms with Gasteiger partial charge in [-0.2, -0.15) is 0 Å². The number of carbonyl (C=O) groups excluding carboxylic acids is 3. The summed E-state index contributed by atoms with van der Waals surface area (Å²) in [6, 6.07) is 10.2. The Kier molecular flexibility index (Phi) is 8.62. The van der Waals surface area contributed by atoms with Gasteiger partial charge in [0.15, 0.2) is 11.5 Å². The van der Waals surface area contributed by atoms with Gasteiger partial charge in [-0.3, -0.25) is 19.3 Å². The van der Waals surface area contributed by atoms with E-state index in [1.54, 1.807) is 24.3 Å². The van der Waals surface area contributed by atoms with Gasteiger partial charge in [0, 0.05) is 37.3 Å². The van der Waals surface area contributed by atoms with Gasteiger partial charge in [-0.1, -0.05) is 23.7 Å². The summed E-state index contributed by atoms with van der Waals surface area (Å²) in [5.41, 5.74) is 1.31. The highest BCUT2D eigenvalue weighted by Gasteiger charge is 2.22. The summed E-state index contributed by atoms with van der Waals surface area (Å²) in [6.07, 6.45) is 1.83. The molecular formula is C26H26ClF2N5O3. The molecule has 0 aliphatic carbocycles. The summed E-state index contributed by atoms with van der Waals surface area (Å²) in [7, 11) is 0. The second-order valence-electron chi connectivity index (χ2n) is 8.80. The van der Waals surface area contributed by atoms with Crippen LogP contribution in [0.25, 0.3) is 0 Å². The van der Waals surface area contributed by atoms with Crippen molar-refractivity contribution >= 4 is 34.9 Å². The van der Waals surface area contributed by atoms with E-state index in [2.05, 4.69) is 20.6 Å². The lowest BCUT2D eigenvalue weighted by molar-refractivity contribution is 0.0921. The molecule has 1 atom stereocenters. The maximum Gasteiger partial charge on any atom is 0.276 e. The van der Waals surface area contributed by atoms with Gasteiger partial charge >= 0.3 is 0 Å². The number of carbonyl (C=O) groups is 3. The van der Waals surface area contributed by atoms with Crippen molar-refractivity contribution in [1.29, 1.82) is 0 Å². The van der Waals surface area contributed by atoms with Crippen molar-refractivity contribution in [2.24, 2.45) is 0 Å². The maximum atomic E-state index is 13.5. The zero-order valence-corrected chi connectivity index (χ0v) is 20.7. The number of ketones is 1. The van der Waals surface area contributed by atoms with Gasteiger partial charge in [0.05, 0.1) is 11.3 Å². The molecule has 0 radical (unpaired) electrons. The Morgan fingerprint density at radius 2 is 1.92 bits per heavy atom. The van der Waals surface area contributed by atoms with Crippen LogP contribution in [-0.2, 0) is 6.42 Å². The predicted octanol–water partition coefficient (Wildman–Crippen LogP) is 4.04. The summed E-state index contributed by atoms with van der Waals surface area (Å²) in [6.45, 7) is 1.99. The molecule has 1 saturated heterocycles. The zero-order chi connectivity index (χ0) is 26.4. The van der Waals surface area contributed by atoms with Crippen LogP contribution in [0.2, 0.25) is 5.02 Å². The van der Waals surface area contributed by atoms with Gasteiger partial charge in [0.25, 0.3) is 11.8 Å². The SMILES string of the molecule is O=C(Cc1ccc(NC(=O)c2nc[nH]c2C(=O)NCCN2CCC[C@H](F)C2)cc1)c1ccc(F)cc1Cl. The monoisotopic (exact) mass is 529 g/mol. The van der Waals surface area contributed by atoms with Gasteiger partial charge in [0.1, 0.15) is 17.7 Å². The fraction of sp³-hybridized carbons (Fsp3) is 0.308. The van der Waals surface area contributed by atoms with Crippen molar-refractivity contribution in [2.75, 3.05) is 31.5 Å². The van der Waals surface area contributed by atoms with Crippen LogP contribution in [0.15, 0.2) is 48.8 Å². The van der Waals surface area contributed by atoms with Crippen molar-refractivity contribution in [2.45, 2.75) is 25.4 Å². The number of rotatable bonds is 9. The Morgan fingerprint density at radius 1 is 1.14 bits per heavy atom. The van der Waals surface area contributed by atoms with Crippen molar-refractivity contribution in [1.82, 2.24) is 20.2 Å². The van der Waals surface area contributed by atoms with Gasteiger partial charge < -0.3 is 15.6 Å². The van der Waals surface area contributed by atoms with Crippen LogP contribution < -0.4 is 10.6 Å². The minimum Gasteiger partial charge on any atom is -0.349 e. The fourth-order valence-corrected chi connectivity index (χ4v) is 4.42. The van der Waals surface area contributed by atoms with Gasteiger partial charge in [-0.05, 0) is 55.3 Å². The van der Waals surface area contributed by atoms with Crippen molar-refractivity contribution in [3.8, 4) is 0 Å². The van der Waals surface area contributed by atoms with E-state index in [9.17, 15) is 23.2 Å². The average molecular weight is 530 g/mol. The van der Waals surface area contributed by atoms with Crippen LogP contribution in [0.3, 0.4) is 0 Å². The van der Waals surface area contributed by atoms with Crippen molar-refractivity contribution in [3.05, 3.63) is 82.1 Å². The number of aromatic nitrogens is 2. The second-order valence-corrected chi connectivity index (χ2v) is 9.20. The summed E-state index contributed by atoms with van der Waals surface area (Å²) < 4.78 is 26.7. The zero-order valence-electron chi connectivity index (χ0n) is 19.9. The number of alkyl halides is 1. The summed E-state index contributed by atoms with van der Waals surface area (Å²) in [4.78, 5) is 46.5. The number of nitrogens with zero attached hydrogens (tertiary/aromatic N) is 2. The van der Waals surface area contributed by atoms with E-state index in [0.29, 0.717) is 37.3 Å². The Bertz CT molecular complexity index is 1280. The Hall–Kier alpha value is -3.63. The van der Waals surface area contributed by atoms with Crippen molar-refractivity contribution < 1.29 is 23.2 Å².